The lowest BCUT2D eigenvalue weighted by Gasteiger charge is -2.05. The molecule has 0 bridgehead atoms. The Hall–Kier alpha value is -2.55. The Bertz CT molecular complexity index is 774. The fourth-order valence-electron chi connectivity index (χ4n) is 2.74. The number of hydrogen-bond donors (Lipinski definition) is 1. The molecule has 3 nitrogen and oxygen atoms in total. The number of aromatic amines is 1. The second kappa shape index (κ2) is 6.48. The predicted octanol–water partition coefficient (Wildman–Crippen LogP) is 4.13. The summed E-state index contributed by atoms with van der Waals surface area (Å²) in [5, 5.41) is 0.934. The van der Waals surface area contributed by atoms with E-state index in [1.165, 1.54) is 5.56 Å². The summed E-state index contributed by atoms with van der Waals surface area (Å²) < 4.78 is 5.23. The van der Waals surface area contributed by atoms with Gasteiger partial charge < -0.3 is 9.72 Å². The van der Waals surface area contributed by atoms with Gasteiger partial charge in [-0.1, -0.05) is 48.5 Å². The van der Waals surface area contributed by atoms with Crippen molar-refractivity contribution in [2.75, 3.05) is 6.61 Å². The number of aryl methyl sites for hydroxylation is 2. The molecule has 1 aromatic heterocycles. The van der Waals surface area contributed by atoms with Gasteiger partial charge in [0.1, 0.15) is 0 Å². The first kappa shape index (κ1) is 14.4. The first-order chi connectivity index (χ1) is 10.8. The van der Waals surface area contributed by atoms with Gasteiger partial charge in [-0.05, 0) is 31.4 Å². The highest BCUT2D eigenvalue weighted by atomic mass is 16.5. The van der Waals surface area contributed by atoms with Crippen LogP contribution in [-0.4, -0.2) is 17.6 Å². The molecule has 0 saturated heterocycles. The summed E-state index contributed by atoms with van der Waals surface area (Å²) in [7, 11) is 0. The fourth-order valence-corrected chi connectivity index (χ4v) is 2.74. The molecule has 0 fully saturated rings. The minimum Gasteiger partial charge on any atom is -0.462 e. The Balaban J connectivity index is 1.94. The molecule has 3 rings (SSSR count). The second-order valence-corrected chi connectivity index (χ2v) is 5.23. The molecule has 0 aliphatic carbocycles. The van der Waals surface area contributed by atoms with E-state index in [0.29, 0.717) is 12.2 Å². The molecule has 0 radical (unpaired) electrons. The van der Waals surface area contributed by atoms with Crippen LogP contribution < -0.4 is 0 Å². The van der Waals surface area contributed by atoms with E-state index in [-0.39, 0.29) is 5.97 Å². The molecule has 2 aromatic carbocycles. The molecule has 0 amide bonds. The first-order valence-corrected chi connectivity index (χ1v) is 7.60. The maximum absolute atomic E-state index is 12.3. The Kier molecular flexibility index (Phi) is 4.24. The van der Waals surface area contributed by atoms with Gasteiger partial charge in [-0.3, -0.25) is 0 Å². The highest BCUT2D eigenvalue weighted by molar-refractivity contribution is 6.05. The van der Waals surface area contributed by atoms with Crippen molar-refractivity contribution >= 4 is 16.9 Å². The number of nitrogens with one attached hydrogen (secondary N) is 1. The monoisotopic (exact) mass is 293 g/mol. The summed E-state index contributed by atoms with van der Waals surface area (Å²) in [6.45, 7) is 2.22. The number of carbonyl (C=O) groups excluding carboxylic acids is 1. The van der Waals surface area contributed by atoms with Gasteiger partial charge in [0.25, 0.3) is 0 Å². The van der Waals surface area contributed by atoms with Crippen LogP contribution in [0.3, 0.4) is 0 Å². The third-order valence-corrected chi connectivity index (χ3v) is 3.77. The number of esters is 1. The number of H-pyrrole nitrogens is 1. The SMILES string of the molecule is CCOC(=O)c1c(CCc2ccccc2)[nH]c2ccccc12. The Morgan fingerprint density at radius 1 is 1.00 bits per heavy atom. The van der Waals surface area contributed by atoms with E-state index in [0.717, 1.165) is 29.4 Å². The van der Waals surface area contributed by atoms with Crippen LogP contribution in [0.4, 0.5) is 0 Å². The zero-order valence-corrected chi connectivity index (χ0v) is 12.6. The van der Waals surface area contributed by atoms with Crippen LogP contribution in [0, 0.1) is 0 Å². The molecule has 0 aliphatic rings. The highest BCUT2D eigenvalue weighted by Crippen LogP contribution is 2.24. The molecule has 3 heteroatoms. The molecule has 0 atom stereocenters. The summed E-state index contributed by atoms with van der Waals surface area (Å²) in [5.41, 5.74) is 3.86. The largest absolute Gasteiger partial charge is 0.462 e. The van der Waals surface area contributed by atoms with Gasteiger partial charge in [-0.25, -0.2) is 4.79 Å². The normalized spacial score (nSPS) is 10.8. The number of rotatable bonds is 5. The van der Waals surface area contributed by atoms with Crippen molar-refractivity contribution in [1.29, 1.82) is 0 Å². The lowest BCUT2D eigenvalue weighted by molar-refractivity contribution is 0.0527. The number of aromatic nitrogens is 1. The Labute approximate surface area is 129 Å². The van der Waals surface area contributed by atoms with Gasteiger partial charge >= 0.3 is 5.97 Å². The van der Waals surface area contributed by atoms with Crippen molar-refractivity contribution < 1.29 is 9.53 Å². The number of hydrogen-bond acceptors (Lipinski definition) is 2. The van der Waals surface area contributed by atoms with E-state index in [1.807, 2.05) is 49.4 Å². The van der Waals surface area contributed by atoms with Gasteiger partial charge in [0.05, 0.1) is 12.2 Å². The van der Waals surface area contributed by atoms with Gasteiger partial charge in [0.15, 0.2) is 0 Å². The van der Waals surface area contributed by atoms with E-state index in [1.54, 1.807) is 0 Å². The molecule has 0 spiro atoms. The fraction of sp³-hybridized carbons (Fsp3) is 0.211. The van der Waals surface area contributed by atoms with Crippen LogP contribution in [0.5, 0.6) is 0 Å². The minimum absolute atomic E-state index is 0.247. The standard InChI is InChI=1S/C19H19NO2/c1-2-22-19(21)18-15-10-6-7-11-16(15)20-17(18)13-12-14-8-4-3-5-9-14/h3-11,20H,2,12-13H2,1H3. The van der Waals surface area contributed by atoms with Crippen LogP contribution in [0.2, 0.25) is 0 Å². The molecule has 3 aromatic rings. The zero-order valence-electron chi connectivity index (χ0n) is 12.6. The zero-order chi connectivity index (χ0) is 15.4. The number of ether oxygens (including phenoxy) is 1. The van der Waals surface area contributed by atoms with Crippen LogP contribution in [-0.2, 0) is 17.6 Å². The Morgan fingerprint density at radius 2 is 1.73 bits per heavy atom. The summed E-state index contributed by atoms with van der Waals surface area (Å²) in [6, 6.07) is 18.2. The molecule has 22 heavy (non-hydrogen) atoms. The summed E-state index contributed by atoms with van der Waals surface area (Å²) in [6.07, 6.45) is 1.67. The maximum Gasteiger partial charge on any atom is 0.340 e. The summed E-state index contributed by atoms with van der Waals surface area (Å²) >= 11 is 0. The van der Waals surface area contributed by atoms with Crippen molar-refractivity contribution in [3.05, 3.63) is 71.4 Å². The lowest BCUT2D eigenvalue weighted by atomic mass is 10.0. The molecule has 1 heterocycles. The van der Waals surface area contributed by atoms with Gasteiger partial charge in [-0.15, -0.1) is 0 Å². The third kappa shape index (κ3) is 2.89. The molecule has 0 saturated carbocycles. The van der Waals surface area contributed by atoms with Gasteiger partial charge in [-0.2, -0.15) is 0 Å². The van der Waals surface area contributed by atoms with E-state index in [2.05, 4.69) is 17.1 Å². The van der Waals surface area contributed by atoms with Crippen LogP contribution in [0.25, 0.3) is 10.9 Å². The number of carbonyl (C=O) groups is 1. The van der Waals surface area contributed by atoms with E-state index >= 15 is 0 Å². The van der Waals surface area contributed by atoms with Crippen molar-refractivity contribution in [2.45, 2.75) is 19.8 Å². The topological polar surface area (TPSA) is 42.1 Å². The Morgan fingerprint density at radius 3 is 2.50 bits per heavy atom. The first-order valence-electron chi connectivity index (χ1n) is 7.60. The van der Waals surface area contributed by atoms with Crippen molar-refractivity contribution in [3.63, 3.8) is 0 Å². The van der Waals surface area contributed by atoms with E-state index < -0.39 is 0 Å². The smallest absolute Gasteiger partial charge is 0.340 e. The molecular formula is C19H19NO2. The van der Waals surface area contributed by atoms with Crippen LogP contribution >= 0.6 is 0 Å². The number of benzene rings is 2. The highest BCUT2D eigenvalue weighted by Gasteiger charge is 2.19. The van der Waals surface area contributed by atoms with Crippen molar-refractivity contribution in [2.24, 2.45) is 0 Å². The third-order valence-electron chi connectivity index (χ3n) is 3.77. The molecule has 112 valence electrons. The summed E-state index contributed by atoms with van der Waals surface area (Å²) in [4.78, 5) is 15.7. The lowest BCUT2D eigenvalue weighted by Crippen LogP contribution is -2.07. The van der Waals surface area contributed by atoms with Crippen molar-refractivity contribution in [3.8, 4) is 0 Å². The molecule has 1 N–H and O–H groups in total. The van der Waals surface area contributed by atoms with Gasteiger partial charge in [0, 0.05) is 16.6 Å². The summed E-state index contributed by atoms with van der Waals surface area (Å²) in [5.74, 6) is -0.247. The van der Waals surface area contributed by atoms with E-state index in [9.17, 15) is 4.79 Å². The van der Waals surface area contributed by atoms with Crippen LogP contribution in [0.15, 0.2) is 54.6 Å². The minimum atomic E-state index is -0.247. The van der Waals surface area contributed by atoms with Gasteiger partial charge in [0.2, 0.25) is 0 Å². The molecule has 0 aliphatic heterocycles. The average Bonchev–Trinajstić information content (AvgIpc) is 2.92. The second-order valence-electron chi connectivity index (χ2n) is 5.23. The average molecular weight is 293 g/mol. The molecule has 0 unspecified atom stereocenters. The van der Waals surface area contributed by atoms with Crippen LogP contribution in [0.1, 0.15) is 28.5 Å². The molecular weight excluding hydrogens is 274 g/mol. The predicted molar refractivity (Wildman–Crippen MR) is 88.1 cm³/mol. The van der Waals surface area contributed by atoms with Crippen molar-refractivity contribution in [1.82, 2.24) is 4.98 Å². The maximum atomic E-state index is 12.3. The van der Waals surface area contributed by atoms with E-state index in [4.69, 9.17) is 4.74 Å². The number of fused-ring (bicyclic) bond motifs is 1. The quantitative estimate of drug-likeness (QED) is 0.719. The number of para-hydroxylation sites is 1.